The lowest BCUT2D eigenvalue weighted by Crippen LogP contribution is -2.38. The average molecular weight is 400 g/mol. The standard InChI is InChI=1S/C19H20N4O4S/c1-11-8-13-9-16(26-2)17(27-3)10-15(13)18(21-22(11)19(20)28)12-4-6-14(7-5-12)23(24)25/h4-7,9-11H,8H2,1-3H3,(H2,20,28)/t11-/m1/s1. The Balaban J connectivity index is 2.23. The molecule has 2 aromatic rings. The molecule has 146 valence electrons. The summed E-state index contributed by atoms with van der Waals surface area (Å²) < 4.78 is 10.9. The van der Waals surface area contributed by atoms with E-state index in [0.29, 0.717) is 29.2 Å². The highest BCUT2D eigenvalue weighted by Gasteiger charge is 2.26. The molecular weight excluding hydrogens is 380 g/mol. The second kappa shape index (κ2) is 7.81. The summed E-state index contributed by atoms with van der Waals surface area (Å²) in [6.45, 7) is 1.97. The number of thiocarbonyl (C=S) groups is 1. The number of fused-ring (bicyclic) bond motifs is 1. The number of nitro groups is 1. The number of hydrogen-bond acceptors (Lipinski definition) is 6. The SMILES string of the molecule is COc1cc2c(cc1OC)C(c1ccc([N+](=O)[O-])cc1)=NN(C(N)=S)[C@H](C)C2. The Hall–Kier alpha value is -3.20. The Labute approximate surface area is 167 Å². The summed E-state index contributed by atoms with van der Waals surface area (Å²) in [6, 6.07) is 9.88. The van der Waals surface area contributed by atoms with Crippen LogP contribution < -0.4 is 15.2 Å². The predicted octanol–water partition coefficient (Wildman–Crippen LogP) is 2.85. The molecule has 0 amide bonds. The zero-order valence-electron chi connectivity index (χ0n) is 15.7. The molecule has 28 heavy (non-hydrogen) atoms. The molecule has 0 spiro atoms. The molecule has 3 rings (SSSR count). The third kappa shape index (κ3) is 3.61. The van der Waals surface area contributed by atoms with E-state index in [1.807, 2.05) is 19.1 Å². The van der Waals surface area contributed by atoms with E-state index in [2.05, 4.69) is 0 Å². The maximum Gasteiger partial charge on any atom is 0.269 e. The van der Waals surface area contributed by atoms with Crippen molar-refractivity contribution in [1.82, 2.24) is 5.01 Å². The molecule has 8 nitrogen and oxygen atoms in total. The molecular formula is C19H20N4O4S. The molecule has 1 atom stereocenters. The Kier molecular flexibility index (Phi) is 5.46. The normalized spacial score (nSPS) is 15.9. The lowest BCUT2D eigenvalue weighted by Gasteiger charge is -2.23. The van der Waals surface area contributed by atoms with E-state index in [1.165, 1.54) is 12.1 Å². The number of ether oxygens (including phenoxy) is 2. The number of nitro benzene ring substituents is 1. The number of rotatable bonds is 4. The minimum absolute atomic E-state index is 0.00470. The maximum absolute atomic E-state index is 11.0. The summed E-state index contributed by atoms with van der Waals surface area (Å²) in [7, 11) is 3.14. The van der Waals surface area contributed by atoms with Crippen LogP contribution in [0.25, 0.3) is 0 Å². The van der Waals surface area contributed by atoms with E-state index in [9.17, 15) is 10.1 Å². The lowest BCUT2D eigenvalue weighted by molar-refractivity contribution is -0.384. The number of nitrogens with zero attached hydrogens (tertiary/aromatic N) is 3. The van der Waals surface area contributed by atoms with E-state index >= 15 is 0 Å². The van der Waals surface area contributed by atoms with Crippen LogP contribution in [0, 0.1) is 10.1 Å². The second-order valence-corrected chi connectivity index (χ2v) is 6.77. The van der Waals surface area contributed by atoms with Crippen LogP contribution in [0.15, 0.2) is 41.5 Å². The van der Waals surface area contributed by atoms with Gasteiger partial charge in [0.25, 0.3) is 5.69 Å². The van der Waals surface area contributed by atoms with Gasteiger partial charge in [0.2, 0.25) is 0 Å². The summed E-state index contributed by atoms with van der Waals surface area (Å²) in [4.78, 5) is 10.5. The van der Waals surface area contributed by atoms with Crippen molar-refractivity contribution in [1.29, 1.82) is 0 Å². The molecule has 0 saturated carbocycles. The molecule has 0 unspecified atom stereocenters. The Bertz CT molecular complexity index is 959. The van der Waals surface area contributed by atoms with Gasteiger partial charge in [-0.25, -0.2) is 5.01 Å². The van der Waals surface area contributed by atoms with Crippen LogP contribution in [0.5, 0.6) is 11.5 Å². The molecule has 2 aromatic carbocycles. The fourth-order valence-electron chi connectivity index (χ4n) is 3.20. The smallest absolute Gasteiger partial charge is 0.269 e. The van der Waals surface area contributed by atoms with E-state index in [1.54, 1.807) is 31.4 Å². The molecule has 9 heteroatoms. The quantitative estimate of drug-likeness (QED) is 0.478. The van der Waals surface area contributed by atoms with Crippen LogP contribution >= 0.6 is 12.2 Å². The van der Waals surface area contributed by atoms with Crippen molar-refractivity contribution >= 4 is 28.7 Å². The van der Waals surface area contributed by atoms with Crippen LogP contribution in [-0.4, -0.2) is 41.0 Å². The topological polar surface area (TPSA) is 103 Å². The van der Waals surface area contributed by atoms with Gasteiger partial charge in [-0.1, -0.05) is 0 Å². The first-order chi connectivity index (χ1) is 13.3. The number of methoxy groups -OCH3 is 2. The summed E-state index contributed by atoms with van der Waals surface area (Å²) in [5, 5.41) is 17.4. The third-order valence-corrected chi connectivity index (χ3v) is 4.77. The Morgan fingerprint density at radius 1 is 1.25 bits per heavy atom. The number of hydrogen-bond donors (Lipinski definition) is 1. The van der Waals surface area contributed by atoms with Gasteiger partial charge in [0.1, 0.15) is 0 Å². The van der Waals surface area contributed by atoms with Crippen molar-refractivity contribution in [2.24, 2.45) is 10.8 Å². The zero-order valence-corrected chi connectivity index (χ0v) is 16.5. The van der Waals surface area contributed by atoms with Crippen molar-refractivity contribution in [3.63, 3.8) is 0 Å². The third-order valence-electron chi connectivity index (χ3n) is 4.58. The van der Waals surface area contributed by atoms with Crippen molar-refractivity contribution in [2.75, 3.05) is 14.2 Å². The van der Waals surface area contributed by atoms with Crippen LogP contribution in [-0.2, 0) is 6.42 Å². The first-order valence-electron chi connectivity index (χ1n) is 8.53. The first-order valence-corrected chi connectivity index (χ1v) is 8.94. The highest BCUT2D eigenvalue weighted by atomic mass is 32.1. The van der Waals surface area contributed by atoms with Crippen LogP contribution in [0.4, 0.5) is 5.69 Å². The summed E-state index contributed by atoms with van der Waals surface area (Å²) >= 11 is 5.18. The van der Waals surface area contributed by atoms with Crippen LogP contribution in [0.3, 0.4) is 0 Å². The summed E-state index contributed by atoms with van der Waals surface area (Å²) in [5.41, 5.74) is 9.02. The molecule has 1 heterocycles. The number of benzene rings is 2. The molecule has 0 fully saturated rings. The highest BCUT2D eigenvalue weighted by Crippen LogP contribution is 2.34. The van der Waals surface area contributed by atoms with E-state index in [-0.39, 0.29) is 16.8 Å². The summed E-state index contributed by atoms with van der Waals surface area (Å²) in [5.74, 6) is 1.17. The van der Waals surface area contributed by atoms with Crippen molar-refractivity contribution in [3.05, 3.63) is 63.2 Å². The molecule has 0 radical (unpaired) electrons. The van der Waals surface area contributed by atoms with Gasteiger partial charge in [-0.05, 0) is 55.4 Å². The lowest BCUT2D eigenvalue weighted by atomic mass is 9.94. The number of hydrazone groups is 1. The Morgan fingerprint density at radius 2 is 1.86 bits per heavy atom. The molecule has 0 aliphatic carbocycles. The van der Waals surface area contributed by atoms with Gasteiger partial charge in [-0.15, -0.1) is 0 Å². The van der Waals surface area contributed by atoms with Gasteiger partial charge in [0.15, 0.2) is 16.6 Å². The van der Waals surface area contributed by atoms with Gasteiger partial charge in [-0.2, -0.15) is 5.10 Å². The predicted molar refractivity (Wildman–Crippen MR) is 110 cm³/mol. The molecule has 2 N–H and O–H groups in total. The largest absolute Gasteiger partial charge is 0.493 e. The van der Waals surface area contributed by atoms with Crippen LogP contribution in [0.1, 0.15) is 23.6 Å². The fourth-order valence-corrected chi connectivity index (χ4v) is 3.42. The van der Waals surface area contributed by atoms with E-state index in [0.717, 1.165) is 11.1 Å². The average Bonchev–Trinajstić information content (AvgIpc) is 2.82. The Morgan fingerprint density at radius 3 is 2.39 bits per heavy atom. The monoisotopic (exact) mass is 400 g/mol. The molecule has 0 saturated heterocycles. The van der Waals surface area contributed by atoms with Crippen molar-refractivity contribution in [2.45, 2.75) is 19.4 Å². The molecule has 1 aliphatic rings. The second-order valence-electron chi connectivity index (χ2n) is 6.35. The van der Waals surface area contributed by atoms with Gasteiger partial charge in [-0.3, -0.25) is 10.1 Å². The van der Waals surface area contributed by atoms with Gasteiger partial charge >= 0.3 is 0 Å². The first kappa shape index (κ1) is 19.6. The molecule has 0 aromatic heterocycles. The molecule has 0 bridgehead atoms. The van der Waals surface area contributed by atoms with Gasteiger partial charge in [0, 0.05) is 23.3 Å². The minimum atomic E-state index is -0.441. The van der Waals surface area contributed by atoms with E-state index in [4.69, 9.17) is 32.5 Å². The van der Waals surface area contributed by atoms with Gasteiger partial charge in [0.05, 0.1) is 30.9 Å². The van der Waals surface area contributed by atoms with Crippen LogP contribution in [0.2, 0.25) is 0 Å². The number of nitrogens with two attached hydrogens (primary N) is 1. The molecule has 1 aliphatic heterocycles. The highest BCUT2D eigenvalue weighted by molar-refractivity contribution is 7.80. The van der Waals surface area contributed by atoms with Crippen molar-refractivity contribution < 1.29 is 14.4 Å². The minimum Gasteiger partial charge on any atom is -0.493 e. The fraction of sp³-hybridized carbons (Fsp3) is 0.263. The maximum atomic E-state index is 11.0. The summed E-state index contributed by atoms with van der Waals surface area (Å²) in [6.07, 6.45) is 0.632. The van der Waals surface area contributed by atoms with Crippen molar-refractivity contribution in [3.8, 4) is 11.5 Å². The van der Waals surface area contributed by atoms with E-state index < -0.39 is 4.92 Å². The zero-order chi connectivity index (χ0) is 20.4. The number of non-ortho nitro benzene ring substituents is 1. The van der Waals surface area contributed by atoms with Gasteiger partial charge < -0.3 is 15.2 Å².